The van der Waals surface area contributed by atoms with E-state index in [4.69, 9.17) is 18.9 Å². The first-order chi connectivity index (χ1) is 15.8. The zero-order chi connectivity index (χ0) is 24.1. The average molecular weight is 458 g/mol. The van der Waals surface area contributed by atoms with Crippen molar-refractivity contribution in [1.82, 2.24) is 5.32 Å². The van der Waals surface area contributed by atoms with Gasteiger partial charge in [-0.05, 0) is 43.9 Å². The van der Waals surface area contributed by atoms with Gasteiger partial charge in [0.2, 0.25) is 0 Å². The van der Waals surface area contributed by atoms with Gasteiger partial charge in [0.05, 0.1) is 26.4 Å². The fourth-order valence-electron chi connectivity index (χ4n) is 4.52. The van der Waals surface area contributed by atoms with Gasteiger partial charge in [-0.15, -0.1) is 0 Å². The van der Waals surface area contributed by atoms with E-state index in [0.29, 0.717) is 46.9 Å². The number of hydrogen-bond donors (Lipinski definition) is 1. The van der Waals surface area contributed by atoms with Crippen LogP contribution in [0.5, 0.6) is 5.75 Å². The molecular formula is C25H31NO7. The molecule has 1 heterocycles. The van der Waals surface area contributed by atoms with Gasteiger partial charge in [0.15, 0.2) is 5.78 Å². The highest BCUT2D eigenvalue weighted by atomic mass is 16.6. The van der Waals surface area contributed by atoms with E-state index in [1.54, 1.807) is 32.2 Å². The number of esters is 2. The molecule has 3 rings (SSSR count). The third-order valence-electron chi connectivity index (χ3n) is 6.06. The third kappa shape index (κ3) is 4.95. The van der Waals surface area contributed by atoms with E-state index >= 15 is 0 Å². The lowest BCUT2D eigenvalue weighted by molar-refractivity contribution is -0.151. The summed E-state index contributed by atoms with van der Waals surface area (Å²) in [6.45, 7) is 6.39. The second-order valence-corrected chi connectivity index (χ2v) is 8.14. The van der Waals surface area contributed by atoms with Crippen molar-refractivity contribution in [3.05, 3.63) is 52.4 Å². The Kier molecular flexibility index (Phi) is 7.92. The zero-order valence-electron chi connectivity index (χ0n) is 19.7. The number of nitrogens with one attached hydrogen (secondary N) is 1. The van der Waals surface area contributed by atoms with Crippen molar-refractivity contribution < 1.29 is 33.3 Å². The molecule has 0 saturated heterocycles. The molecule has 0 bridgehead atoms. The summed E-state index contributed by atoms with van der Waals surface area (Å²) >= 11 is 0. The normalized spacial score (nSPS) is 22.5. The number of dihydropyridines is 1. The number of benzene rings is 1. The maximum absolute atomic E-state index is 13.7. The first kappa shape index (κ1) is 24.5. The summed E-state index contributed by atoms with van der Waals surface area (Å²) in [6, 6.07) is 7.22. The van der Waals surface area contributed by atoms with Crippen molar-refractivity contribution >= 4 is 17.7 Å². The Morgan fingerprint density at radius 1 is 1.18 bits per heavy atom. The molecule has 2 aliphatic rings. The van der Waals surface area contributed by atoms with Crippen LogP contribution in [-0.4, -0.2) is 51.8 Å². The predicted molar refractivity (Wildman–Crippen MR) is 120 cm³/mol. The molecule has 8 heteroatoms. The van der Waals surface area contributed by atoms with Gasteiger partial charge in [-0.2, -0.15) is 0 Å². The Morgan fingerprint density at radius 3 is 2.61 bits per heavy atom. The van der Waals surface area contributed by atoms with Gasteiger partial charge in [0, 0.05) is 29.5 Å². The van der Waals surface area contributed by atoms with E-state index in [1.165, 1.54) is 7.11 Å². The third-order valence-corrected chi connectivity index (χ3v) is 6.06. The Morgan fingerprint density at radius 2 is 1.94 bits per heavy atom. The second kappa shape index (κ2) is 10.7. The van der Waals surface area contributed by atoms with Crippen LogP contribution in [0.1, 0.15) is 38.7 Å². The number of rotatable bonds is 8. The van der Waals surface area contributed by atoms with Crippen molar-refractivity contribution in [2.75, 3.05) is 34.0 Å². The highest BCUT2D eigenvalue weighted by Gasteiger charge is 2.47. The van der Waals surface area contributed by atoms with Crippen molar-refractivity contribution in [3.63, 3.8) is 0 Å². The number of allylic oxidation sites excluding steroid dienone is 3. The number of carbonyl (C=O) groups is 3. The maximum Gasteiger partial charge on any atom is 0.336 e. The van der Waals surface area contributed by atoms with Crippen molar-refractivity contribution in [2.45, 2.75) is 33.1 Å². The van der Waals surface area contributed by atoms with Crippen LogP contribution in [0, 0.1) is 11.8 Å². The van der Waals surface area contributed by atoms with E-state index in [-0.39, 0.29) is 24.9 Å². The van der Waals surface area contributed by atoms with E-state index in [2.05, 4.69) is 5.32 Å². The van der Waals surface area contributed by atoms with Crippen LogP contribution in [0.4, 0.5) is 0 Å². The average Bonchev–Trinajstić information content (AvgIpc) is 2.80. The highest BCUT2D eigenvalue weighted by molar-refractivity contribution is 6.12. The Bertz CT molecular complexity index is 994. The standard InChI is InChI=1S/C25H31NO7/c1-6-32-10-11-33-25(29)20-15(3)26-18-12-14(2)19(24(28)31-5)23(27)22(18)21(20)16-8-7-9-17(13-16)30-4/h7-9,13-14,19,21,26H,6,10-12H2,1-5H3. The molecular weight excluding hydrogens is 426 g/mol. The molecule has 8 nitrogen and oxygen atoms in total. The van der Waals surface area contributed by atoms with E-state index < -0.39 is 23.8 Å². The van der Waals surface area contributed by atoms with Crippen LogP contribution in [-0.2, 0) is 28.6 Å². The fraction of sp³-hybridized carbons (Fsp3) is 0.480. The topological polar surface area (TPSA) is 100 Å². The lowest BCUT2D eigenvalue weighted by atomic mass is 9.69. The lowest BCUT2D eigenvalue weighted by Gasteiger charge is -2.38. The zero-order valence-corrected chi connectivity index (χ0v) is 19.7. The Labute approximate surface area is 193 Å². The summed E-state index contributed by atoms with van der Waals surface area (Å²) in [5.74, 6) is -2.75. The van der Waals surface area contributed by atoms with Gasteiger partial charge in [-0.3, -0.25) is 9.59 Å². The van der Waals surface area contributed by atoms with Gasteiger partial charge < -0.3 is 24.3 Å². The molecule has 1 aromatic carbocycles. The van der Waals surface area contributed by atoms with Crippen LogP contribution >= 0.6 is 0 Å². The number of hydrogen-bond acceptors (Lipinski definition) is 8. The quantitative estimate of drug-likeness (QED) is 0.361. The van der Waals surface area contributed by atoms with Crippen molar-refractivity contribution in [1.29, 1.82) is 0 Å². The monoisotopic (exact) mass is 457 g/mol. The number of carbonyl (C=O) groups excluding carboxylic acids is 3. The van der Waals surface area contributed by atoms with Crippen LogP contribution < -0.4 is 10.1 Å². The summed E-state index contributed by atoms with van der Waals surface area (Å²) in [5.41, 5.74) is 2.73. The minimum absolute atomic E-state index is 0.0932. The summed E-state index contributed by atoms with van der Waals surface area (Å²) in [5, 5.41) is 3.24. The minimum atomic E-state index is -0.933. The number of methoxy groups -OCH3 is 2. The SMILES string of the molecule is CCOCCOC(=O)C1=C(C)NC2=C(C(=O)C(C(=O)OC)C(C)C2)C1c1cccc(OC)c1. The van der Waals surface area contributed by atoms with Crippen LogP contribution in [0.15, 0.2) is 46.8 Å². The van der Waals surface area contributed by atoms with Crippen LogP contribution in [0.25, 0.3) is 0 Å². The maximum atomic E-state index is 13.7. The number of ether oxygens (including phenoxy) is 4. The minimum Gasteiger partial charge on any atom is -0.497 e. The van der Waals surface area contributed by atoms with E-state index in [1.807, 2.05) is 19.9 Å². The molecule has 1 aromatic rings. The van der Waals surface area contributed by atoms with Crippen LogP contribution in [0.2, 0.25) is 0 Å². The fourth-order valence-corrected chi connectivity index (χ4v) is 4.52. The lowest BCUT2D eigenvalue weighted by Crippen LogP contribution is -2.43. The first-order valence-electron chi connectivity index (χ1n) is 11.1. The molecule has 1 N–H and O–H groups in total. The molecule has 1 aliphatic carbocycles. The molecule has 0 fully saturated rings. The van der Waals surface area contributed by atoms with Gasteiger partial charge in [-0.1, -0.05) is 19.1 Å². The Hall–Kier alpha value is -3.13. The summed E-state index contributed by atoms with van der Waals surface area (Å²) in [7, 11) is 2.83. The molecule has 0 aromatic heterocycles. The molecule has 0 spiro atoms. The summed E-state index contributed by atoms with van der Waals surface area (Å²) in [6.07, 6.45) is 0.477. The van der Waals surface area contributed by atoms with Gasteiger partial charge in [0.1, 0.15) is 18.3 Å². The largest absolute Gasteiger partial charge is 0.497 e. The molecule has 0 saturated carbocycles. The molecule has 3 unspecified atom stereocenters. The summed E-state index contributed by atoms with van der Waals surface area (Å²) < 4.78 is 21.0. The Balaban J connectivity index is 2.09. The van der Waals surface area contributed by atoms with Crippen molar-refractivity contribution in [3.8, 4) is 5.75 Å². The van der Waals surface area contributed by atoms with Gasteiger partial charge in [-0.25, -0.2) is 4.79 Å². The highest BCUT2D eigenvalue weighted by Crippen LogP contribution is 2.45. The predicted octanol–water partition coefficient (Wildman–Crippen LogP) is 2.89. The molecule has 0 radical (unpaired) electrons. The first-order valence-corrected chi connectivity index (χ1v) is 11.1. The molecule has 178 valence electrons. The van der Waals surface area contributed by atoms with Crippen molar-refractivity contribution in [2.24, 2.45) is 11.8 Å². The van der Waals surface area contributed by atoms with Gasteiger partial charge >= 0.3 is 11.9 Å². The van der Waals surface area contributed by atoms with E-state index in [9.17, 15) is 14.4 Å². The van der Waals surface area contributed by atoms with Gasteiger partial charge in [0.25, 0.3) is 0 Å². The molecule has 1 aliphatic heterocycles. The summed E-state index contributed by atoms with van der Waals surface area (Å²) in [4.78, 5) is 39.3. The molecule has 3 atom stereocenters. The van der Waals surface area contributed by atoms with Crippen LogP contribution in [0.3, 0.4) is 0 Å². The molecule has 0 amide bonds. The smallest absolute Gasteiger partial charge is 0.336 e. The number of ketones is 1. The van der Waals surface area contributed by atoms with E-state index in [0.717, 1.165) is 0 Å². The number of Topliss-reactive ketones (excluding diaryl/α,β-unsaturated/α-hetero) is 1. The second-order valence-electron chi connectivity index (χ2n) is 8.14. The molecule has 33 heavy (non-hydrogen) atoms.